The first kappa shape index (κ1) is 11.1. The smallest absolute Gasteiger partial charge is 0.123 e. The molecular weight excluding hydrogens is 294 g/mol. The van der Waals surface area contributed by atoms with E-state index in [1.54, 1.807) is 11.3 Å². The number of alkyl halides is 1. The van der Waals surface area contributed by atoms with Crippen LogP contribution in [0, 0.1) is 6.92 Å². The second-order valence-electron chi connectivity index (χ2n) is 3.24. The van der Waals surface area contributed by atoms with Crippen molar-refractivity contribution < 1.29 is 0 Å². The molecule has 0 atom stereocenters. The predicted octanol–water partition coefficient (Wildman–Crippen LogP) is 4.62. The molecule has 2 rings (SSSR count). The van der Waals surface area contributed by atoms with Crippen molar-refractivity contribution in [2.75, 3.05) is 0 Å². The van der Waals surface area contributed by atoms with Crippen molar-refractivity contribution in [3.05, 3.63) is 39.3 Å². The zero-order chi connectivity index (χ0) is 10.8. The number of aromatic nitrogens is 1. The number of rotatable bonds is 2. The van der Waals surface area contributed by atoms with E-state index >= 15 is 0 Å². The van der Waals surface area contributed by atoms with Crippen LogP contribution in [0.2, 0.25) is 0 Å². The van der Waals surface area contributed by atoms with Gasteiger partial charge in [-0.3, -0.25) is 0 Å². The number of halogens is 2. The lowest BCUT2D eigenvalue weighted by atomic mass is 10.1. The molecule has 0 saturated heterocycles. The third kappa shape index (κ3) is 2.41. The molecule has 78 valence electrons. The van der Waals surface area contributed by atoms with E-state index < -0.39 is 0 Å². The fraction of sp³-hybridized carbons (Fsp3) is 0.182. The Kier molecular flexibility index (Phi) is 3.44. The summed E-state index contributed by atoms with van der Waals surface area (Å²) in [5.41, 5.74) is 3.34. The first-order valence-corrected chi connectivity index (χ1v) is 6.68. The summed E-state index contributed by atoms with van der Waals surface area (Å²) >= 11 is 10.8. The van der Waals surface area contributed by atoms with Crippen LogP contribution in [0.1, 0.15) is 11.3 Å². The molecule has 2 aromatic rings. The van der Waals surface area contributed by atoms with Gasteiger partial charge in [-0.15, -0.1) is 22.9 Å². The molecule has 0 radical (unpaired) electrons. The van der Waals surface area contributed by atoms with Gasteiger partial charge in [0, 0.05) is 15.4 Å². The SMILES string of the molecule is Cc1ccc(Br)cc1-c1nc(CCl)cs1. The second kappa shape index (κ2) is 4.64. The molecule has 0 saturated carbocycles. The van der Waals surface area contributed by atoms with Gasteiger partial charge in [0.2, 0.25) is 0 Å². The molecule has 1 nitrogen and oxygen atoms in total. The van der Waals surface area contributed by atoms with Gasteiger partial charge in [-0.25, -0.2) is 4.98 Å². The molecule has 0 fully saturated rings. The van der Waals surface area contributed by atoms with Gasteiger partial charge >= 0.3 is 0 Å². The topological polar surface area (TPSA) is 12.9 Å². The van der Waals surface area contributed by atoms with Gasteiger partial charge in [-0.2, -0.15) is 0 Å². The Morgan fingerprint density at radius 2 is 2.27 bits per heavy atom. The molecule has 1 heterocycles. The molecule has 0 unspecified atom stereocenters. The summed E-state index contributed by atoms with van der Waals surface area (Å²) in [6.45, 7) is 2.09. The molecule has 1 aromatic carbocycles. The first-order valence-electron chi connectivity index (χ1n) is 4.47. The Morgan fingerprint density at radius 1 is 1.47 bits per heavy atom. The average Bonchev–Trinajstić information content (AvgIpc) is 2.70. The Hall–Kier alpha value is -0.380. The molecule has 0 aliphatic rings. The largest absolute Gasteiger partial charge is 0.240 e. The first-order chi connectivity index (χ1) is 7.20. The lowest BCUT2D eigenvalue weighted by Crippen LogP contribution is -1.83. The van der Waals surface area contributed by atoms with Crippen molar-refractivity contribution in [3.63, 3.8) is 0 Å². The number of hydrogen-bond donors (Lipinski definition) is 0. The van der Waals surface area contributed by atoms with Gasteiger partial charge in [0.1, 0.15) is 5.01 Å². The zero-order valence-corrected chi connectivity index (χ0v) is 11.3. The summed E-state index contributed by atoms with van der Waals surface area (Å²) in [6.07, 6.45) is 0. The van der Waals surface area contributed by atoms with Crippen LogP contribution in [0.25, 0.3) is 10.6 Å². The molecule has 0 amide bonds. The third-order valence-corrected chi connectivity index (χ3v) is 3.81. The van der Waals surface area contributed by atoms with E-state index in [2.05, 4.69) is 40.0 Å². The van der Waals surface area contributed by atoms with E-state index in [-0.39, 0.29) is 0 Å². The molecule has 4 heteroatoms. The maximum absolute atomic E-state index is 5.73. The number of hydrogen-bond acceptors (Lipinski definition) is 2. The summed E-state index contributed by atoms with van der Waals surface area (Å²) in [5, 5.41) is 3.03. The maximum atomic E-state index is 5.73. The minimum atomic E-state index is 0.476. The van der Waals surface area contributed by atoms with Crippen LogP contribution in [0.5, 0.6) is 0 Å². The fourth-order valence-corrected chi connectivity index (χ4v) is 2.81. The molecule has 0 spiro atoms. The standard InChI is InChI=1S/C11H9BrClNS/c1-7-2-3-8(12)4-10(7)11-14-9(5-13)6-15-11/h2-4,6H,5H2,1H3. The molecule has 0 bridgehead atoms. The van der Waals surface area contributed by atoms with Crippen LogP contribution in [-0.4, -0.2) is 4.98 Å². The highest BCUT2D eigenvalue weighted by Gasteiger charge is 2.07. The summed E-state index contributed by atoms with van der Waals surface area (Å²) in [6, 6.07) is 6.21. The van der Waals surface area contributed by atoms with Gasteiger partial charge in [0.05, 0.1) is 11.6 Å². The lowest BCUT2D eigenvalue weighted by Gasteiger charge is -2.02. The highest BCUT2D eigenvalue weighted by atomic mass is 79.9. The van der Waals surface area contributed by atoms with E-state index in [1.807, 2.05) is 11.4 Å². The van der Waals surface area contributed by atoms with Crippen molar-refractivity contribution in [1.29, 1.82) is 0 Å². The van der Waals surface area contributed by atoms with Crippen molar-refractivity contribution in [2.45, 2.75) is 12.8 Å². The van der Waals surface area contributed by atoms with Crippen LogP contribution >= 0.6 is 38.9 Å². The molecular formula is C11H9BrClNS. The summed E-state index contributed by atoms with van der Waals surface area (Å²) < 4.78 is 1.07. The molecule has 15 heavy (non-hydrogen) atoms. The van der Waals surface area contributed by atoms with Gasteiger partial charge < -0.3 is 0 Å². The van der Waals surface area contributed by atoms with Gasteiger partial charge in [0.25, 0.3) is 0 Å². The minimum absolute atomic E-state index is 0.476. The van der Waals surface area contributed by atoms with Gasteiger partial charge in [-0.05, 0) is 24.6 Å². The lowest BCUT2D eigenvalue weighted by molar-refractivity contribution is 1.22. The minimum Gasteiger partial charge on any atom is -0.240 e. The Morgan fingerprint density at radius 3 is 2.93 bits per heavy atom. The van der Waals surface area contributed by atoms with Gasteiger partial charge in [0.15, 0.2) is 0 Å². The van der Waals surface area contributed by atoms with Crippen LogP contribution in [0.3, 0.4) is 0 Å². The third-order valence-electron chi connectivity index (χ3n) is 2.12. The monoisotopic (exact) mass is 301 g/mol. The van der Waals surface area contributed by atoms with Crippen molar-refractivity contribution in [2.24, 2.45) is 0 Å². The van der Waals surface area contributed by atoms with Crippen molar-refractivity contribution >= 4 is 38.9 Å². The van der Waals surface area contributed by atoms with E-state index in [0.29, 0.717) is 5.88 Å². The van der Waals surface area contributed by atoms with Gasteiger partial charge in [-0.1, -0.05) is 22.0 Å². The normalized spacial score (nSPS) is 10.6. The van der Waals surface area contributed by atoms with E-state index in [4.69, 9.17) is 11.6 Å². The van der Waals surface area contributed by atoms with E-state index in [1.165, 1.54) is 11.1 Å². The summed E-state index contributed by atoms with van der Waals surface area (Å²) in [5.74, 6) is 0.476. The quantitative estimate of drug-likeness (QED) is 0.738. The fourth-order valence-electron chi connectivity index (χ4n) is 1.32. The number of thiazole rings is 1. The molecule has 0 aliphatic carbocycles. The molecule has 0 N–H and O–H groups in total. The van der Waals surface area contributed by atoms with E-state index in [0.717, 1.165) is 15.2 Å². The number of benzene rings is 1. The Bertz CT molecular complexity index is 481. The molecule has 1 aromatic heterocycles. The van der Waals surface area contributed by atoms with Crippen LogP contribution in [0.4, 0.5) is 0 Å². The second-order valence-corrected chi connectivity index (χ2v) is 5.28. The summed E-state index contributed by atoms with van der Waals surface area (Å²) in [7, 11) is 0. The number of nitrogens with zero attached hydrogens (tertiary/aromatic N) is 1. The van der Waals surface area contributed by atoms with Crippen LogP contribution < -0.4 is 0 Å². The van der Waals surface area contributed by atoms with Crippen LogP contribution in [-0.2, 0) is 5.88 Å². The average molecular weight is 303 g/mol. The highest BCUT2D eigenvalue weighted by molar-refractivity contribution is 9.10. The summed E-state index contributed by atoms with van der Waals surface area (Å²) in [4.78, 5) is 4.47. The zero-order valence-electron chi connectivity index (χ0n) is 8.13. The number of aryl methyl sites for hydroxylation is 1. The van der Waals surface area contributed by atoms with E-state index in [9.17, 15) is 0 Å². The maximum Gasteiger partial charge on any atom is 0.123 e. The van der Waals surface area contributed by atoms with Crippen LogP contribution in [0.15, 0.2) is 28.1 Å². The van der Waals surface area contributed by atoms with Crippen molar-refractivity contribution in [1.82, 2.24) is 4.98 Å². The Labute approximate surface area is 106 Å². The molecule has 0 aliphatic heterocycles. The van der Waals surface area contributed by atoms with Crippen molar-refractivity contribution in [3.8, 4) is 10.6 Å². The Balaban J connectivity index is 2.48. The predicted molar refractivity (Wildman–Crippen MR) is 69.5 cm³/mol. The highest BCUT2D eigenvalue weighted by Crippen LogP contribution is 2.29.